The number of nitrogens with one attached hydrogen (secondary N) is 2. The fourth-order valence-electron chi connectivity index (χ4n) is 2.16. The predicted octanol–water partition coefficient (Wildman–Crippen LogP) is 2.56. The highest BCUT2D eigenvalue weighted by atomic mass is 16.3. The average Bonchev–Trinajstić information content (AvgIpc) is 3.10. The van der Waals surface area contributed by atoms with Gasteiger partial charge in [0, 0.05) is 12.4 Å². The molecule has 0 fully saturated rings. The van der Waals surface area contributed by atoms with Crippen LogP contribution in [0.5, 0.6) is 0 Å². The normalized spacial score (nSPS) is 17.7. The van der Waals surface area contributed by atoms with Crippen molar-refractivity contribution >= 4 is 11.5 Å². The largest absolute Gasteiger partial charge is 0.467 e. The third kappa shape index (κ3) is 3.30. The Bertz CT molecular complexity index is 810. The number of furan rings is 1. The van der Waals surface area contributed by atoms with Crippen molar-refractivity contribution in [2.75, 3.05) is 0 Å². The molecule has 0 radical (unpaired) electrons. The molecule has 1 aliphatic heterocycles. The van der Waals surface area contributed by atoms with E-state index in [0.29, 0.717) is 29.5 Å². The number of aromatic nitrogens is 1. The summed E-state index contributed by atoms with van der Waals surface area (Å²) >= 11 is 0. The Kier molecular flexibility index (Phi) is 4.20. The van der Waals surface area contributed by atoms with Gasteiger partial charge in [0.2, 0.25) is 0 Å². The molecule has 0 amide bonds. The fraction of sp³-hybridized carbons (Fsp3) is 0.118. The minimum absolute atomic E-state index is 0.411. The second-order valence-corrected chi connectivity index (χ2v) is 4.92. The van der Waals surface area contributed by atoms with Gasteiger partial charge >= 0.3 is 0 Å². The van der Waals surface area contributed by atoms with Crippen molar-refractivity contribution in [3.63, 3.8) is 0 Å². The molecule has 0 unspecified atom stereocenters. The summed E-state index contributed by atoms with van der Waals surface area (Å²) in [5.74, 6) is 1.33. The standard InChI is InChI=1S/C17H15N5O/c1-12-10-20-17(21-11-13-5-4-8-23-13)22-16(12)14(9-18)15-6-2-3-7-19-15/h2-8,10H,11H2,1H3,(H2,20,21,22). The van der Waals surface area contributed by atoms with E-state index in [1.807, 2.05) is 43.5 Å². The van der Waals surface area contributed by atoms with Crippen LogP contribution in [0, 0.1) is 11.3 Å². The lowest BCUT2D eigenvalue weighted by Crippen LogP contribution is -2.38. The van der Waals surface area contributed by atoms with Crippen LogP contribution in [-0.2, 0) is 6.54 Å². The van der Waals surface area contributed by atoms with Gasteiger partial charge in [-0.15, -0.1) is 0 Å². The number of nitrogens with zero attached hydrogens (tertiary/aromatic N) is 3. The van der Waals surface area contributed by atoms with Gasteiger partial charge in [0.15, 0.2) is 5.96 Å². The van der Waals surface area contributed by atoms with Crippen molar-refractivity contribution < 1.29 is 4.42 Å². The lowest BCUT2D eigenvalue weighted by atomic mass is 10.1. The molecule has 114 valence electrons. The molecular weight excluding hydrogens is 290 g/mol. The Morgan fingerprint density at radius 2 is 2.26 bits per heavy atom. The molecule has 0 bridgehead atoms. The number of hydrogen-bond donors (Lipinski definition) is 2. The first kappa shape index (κ1) is 14.6. The van der Waals surface area contributed by atoms with Gasteiger partial charge in [0.25, 0.3) is 0 Å². The van der Waals surface area contributed by atoms with Gasteiger partial charge in [-0.25, -0.2) is 4.99 Å². The van der Waals surface area contributed by atoms with Gasteiger partial charge in [-0.3, -0.25) is 4.98 Å². The summed E-state index contributed by atoms with van der Waals surface area (Å²) < 4.78 is 5.26. The van der Waals surface area contributed by atoms with Crippen LogP contribution in [0.15, 0.2) is 69.7 Å². The molecule has 6 nitrogen and oxygen atoms in total. The van der Waals surface area contributed by atoms with Crippen LogP contribution in [0.2, 0.25) is 0 Å². The minimum Gasteiger partial charge on any atom is -0.467 e. The zero-order chi connectivity index (χ0) is 16.1. The second-order valence-electron chi connectivity index (χ2n) is 4.92. The quantitative estimate of drug-likeness (QED) is 0.851. The van der Waals surface area contributed by atoms with Gasteiger partial charge in [0.05, 0.1) is 17.7 Å². The molecule has 0 spiro atoms. The molecule has 2 aromatic heterocycles. The molecule has 0 saturated carbocycles. The zero-order valence-corrected chi connectivity index (χ0v) is 12.6. The van der Waals surface area contributed by atoms with Gasteiger partial charge in [0.1, 0.15) is 23.9 Å². The summed E-state index contributed by atoms with van der Waals surface area (Å²) in [6, 6.07) is 11.4. The summed E-state index contributed by atoms with van der Waals surface area (Å²) in [6.07, 6.45) is 5.09. The highest BCUT2D eigenvalue weighted by Gasteiger charge is 2.17. The maximum atomic E-state index is 9.53. The van der Waals surface area contributed by atoms with Crippen LogP contribution in [0.1, 0.15) is 18.4 Å². The smallest absolute Gasteiger partial charge is 0.200 e. The van der Waals surface area contributed by atoms with Crippen molar-refractivity contribution in [1.29, 1.82) is 5.26 Å². The number of guanidine groups is 1. The number of hydrogen-bond acceptors (Lipinski definition) is 4. The first-order valence-corrected chi connectivity index (χ1v) is 7.11. The van der Waals surface area contributed by atoms with Crippen molar-refractivity contribution in [2.24, 2.45) is 4.99 Å². The summed E-state index contributed by atoms with van der Waals surface area (Å²) in [5.41, 5.74) is 2.70. The lowest BCUT2D eigenvalue weighted by molar-refractivity contribution is 0.512. The van der Waals surface area contributed by atoms with E-state index in [1.165, 1.54) is 0 Å². The number of rotatable bonds is 3. The molecule has 0 saturated heterocycles. The van der Waals surface area contributed by atoms with Crippen LogP contribution >= 0.6 is 0 Å². The molecule has 3 heterocycles. The third-order valence-corrected chi connectivity index (χ3v) is 3.32. The summed E-state index contributed by atoms with van der Waals surface area (Å²) in [4.78, 5) is 8.66. The van der Waals surface area contributed by atoms with E-state index in [9.17, 15) is 5.26 Å². The molecule has 0 atom stereocenters. The Balaban J connectivity index is 1.91. The fourth-order valence-corrected chi connectivity index (χ4v) is 2.16. The Labute approximate surface area is 133 Å². The Morgan fingerprint density at radius 1 is 1.35 bits per heavy atom. The van der Waals surface area contributed by atoms with Crippen molar-refractivity contribution in [2.45, 2.75) is 13.5 Å². The molecule has 6 heteroatoms. The molecule has 23 heavy (non-hydrogen) atoms. The van der Waals surface area contributed by atoms with Crippen molar-refractivity contribution in [3.8, 4) is 6.07 Å². The SMILES string of the molecule is CC1=CNC(=NCc2ccco2)NC1=C(C#N)c1ccccn1. The van der Waals surface area contributed by atoms with Gasteiger partial charge in [-0.2, -0.15) is 5.26 Å². The third-order valence-electron chi connectivity index (χ3n) is 3.32. The van der Waals surface area contributed by atoms with Crippen LogP contribution in [-0.4, -0.2) is 10.9 Å². The second kappa shape index (κ2) is 6.62. The average molecular weight is 305 g/mol. The van der Waals surface area contributed by atoms with Crippen LogP contribution in [0.25, 0.3) is 5.57 Å². The molecule has 0 aromatic carbocycles. The number of pyridine rings is 1. The Morgan fingerprint density at radius 3 is 2.96 bits per heavy atom. The number of aliphatic imine (C=N–C) groups is 1. The van der Waals surface area contributed by atoms with E-state index in [2.05, 4.69) is 26.7 Å². The monoisotopic (exact) mass is 305 g/mol. The predicted molar refractivity (Wildman–Crippen MR) is 86.6 cm³/mol. The van der Waals surface area contributed by atoms with E-state index in [4.69, 9.17) is 4.42 Å². The van der Waals surface area contributed by atoms with E-state index < -0.39 is 0 Å². The summed E-state index contributed by atoms with van der Waals surface area (Å²) in [5, 5.41) is 15.7. The van der Waals surface area contributed by atoms with Crippen LogP contribution in [0.4, 0.5) is 0 Å². The van der Waals surface area contributed by atoms with E-state index >= 15 is 0 Å². The van der Waals surface area contributed by atoms with E-state index in [-0.39, 0.29) is 0 Å². The van der Waals surface area contributed by atoms with Gasteiger partial charge in [-0.05, 0) is 36.8 Å². The van der Waals surface area contributed by atoms with Crippen molar-refractivity contribution in [3.05, 3.63) is 71.7 Å². The maximum Gasteiger partial charge on any atom is 0.200 e. The van der Waals surface area contributed by atoms with Crippen LogP contribution < -0.4 is 10.6 Å². The van der Waals surface area contributed by atoms with Gasteiger partial charge < -0.3 is 15.1 Å². The van der Waals surface area contributed by atoms with Crippen molar-refractivity contribution in [1.82, 2.24) is 15.6 Å². The molecule has 1 aliphatic rings. The summed E-state index contributed by atoms with van der Waals surface area (Å²) in [7, 11) is 0. The first-order valence-electron chi connectivity index (χ1n) is 7.11. The number of allylic oxidation sites excluding steroid dienone is 2. The van der Waals surface area contributed by atoms with E-state index in [1.54, 1.807) is 12.5 Å². The molecular formula is C17H15N5O. The molecule has 3 rings (SSSR count). The van der Waals surface area contributed by atoms with E-state index in [0.717, 1.165) is 11.3 Å². The zero-order valence-electron chi connectivity index (χ0n) is 12.6. The lowest BCUT2D eigenvalue weighted by Gasteiger charge is -2.20. The highest BCUT2D eigenvalue weighted by Crippen LogP contribution is 2.21. The minimum atomic E-state index is 0.411. The first-order chi connectivity index (χ1) is 11.3. The summed E-state index contributed by atoms with van der Waals surface area (Å²) in [6.45, 7) is 2.33. The molecule has 0 aliphatic carbocycles. The molecule has 2 aromatic rings. The highest BCUT2D eigenvalue weighted by molar-refractivity contribution is 5.90. The maximum absolute atomic E-state index is 9.53. The Hall–Kier alpha value is -3.33. The van der Waals surface area contributed by atoms with Crippen LogP contribution in [0.3, 0.4) is 0 Å². The molecule has 2 N–H and O–H groups in total. The number of nitriles is 1. The topological polar surface area (TPSA) is 86.2 Å². The van der Waals surface area contributed by atoms with Gasteiger partial charge in [-0.1, -0.05) is 6.07 Å².